The van der Waals surface area contributed by atoms with E-state index in [1.54, 1.807) is 7.11 Å². The zero-order valence-corrected chi connectivity index (χ0v) is 10.3. The Morgan fingerprint density at radius 1 is 1.35 bits per heavy atom. The standard InChI is InChI=1S/C14H20O3/c1-16-14-5-4-12(9-15)8-13(14)10-17-7-6-11-2-3-11/h4-5,8,11,15H,2-3,6-7,9-10H2,1H3. The van der Waals surface area contributed by atoms with Crippen molar-refractivity contribution >= 4 is 0 Å². The SMILES string of the molecule is COc1ccc(CO)cc1COCCC1CC1. The number of hydrogen-bond acceptors (Lipinski definition) is 3. The smallest absolute Gasteiger partial charge is 0.124 e. The van der Waals surface area contributed by atoms with Crippen molar-refractivity contribution in [1.29, 1.82) is 0 Å². The van der Waals surface area contributed by atoms with Gasteiger partial charge in [0.05, 0.1) is 20.3 Å². The second kappa shape index (κ2) is 6.03. The molecule has 1 aliphatic carbocycles. The van der Waals surface area contributed by atoms with Gasteiger partial charge in [-0.25, -0.2) is 0 Å². The van der Waals surface area contributed by atoms with E-state index in [9.17, 15) is 0 Å². The first kappa shape index (κ1) is 12.4. The molecule has 1 N–H and O–H groups in total. The predicted octanol–water partition coefficient (Wildman–Crippen LogP) is 2.50. The van der Waals surface area contributed by atoms with Crippen molar-refractivity contribution in [2.45, 2.75) is 32.5 Å². The molecule has 1 aliphatic rings. The number of hydrogen-bond donors (Lipinski definition) is 1. The molecule has 1 saturated carbocycles. The lowest BCUT2D eigenvalue weighted by molar-refractivity contribution is 0.113. The van der Waals surface area contributed by atoms with E-state index < -0.39 is 0 Å². The van der Waals surface area contributed by atoms with E-state index in [1.807, 2.05) is 18.2 Å². The van der Waals surface area contributed by atoms with Crippen LogP contribution in [0.5, 0.6) is 5.75 Å². The Morgan fingerprint density at radius 3 is 2.82 bits per heavy atom. The van der Waals surface area contributed by atoms with Crippen LogP contribution in [0.4, 0.5) is 0 Å². The van der Waals surface area contributed by atoms with Gasteiger partial charge in [0.15, 0.2) is 0 Å². The highest BCUT2D eigenvalue weighted by Crippen LogP contribution is 2.32. The minimum atomic E-state index is 0.0546. The Hall–Kier alpha value is -1.06. The van der Waals surface area contributed by atoms with Gasteiger partial charge in [-0.3, -0.25) is 0 Å². The lowest BCUT2D eigenvalue weighted by atomic mass is 10.1. The van der Waals surface area contributed by atoms with Crippen LogP contribution in [0.1, 0.15) is 30.4 Å². The largest absolute Gasteiger partial charge is 0.496 e. The molecule has 0 heterocycles. The van der Waals surface area contributed by atoms with Crippen molar-refractivity contribution < 1.29 is 14.6 Å². The minimum Gasteiger partial charge on any atom is -0.496 e. The van der Waals surface area contributed by atoms with E-state index in [1.165, 1.54) is 19.3 Å². The summed E-state index contributed by atoms with van der Waals surface area (Å²) in [6.07, 6.45) is 3.90. The molecule has 0 saturated heterocycles. The molecule has 0 bridgehead atoms. The first-order valence-corrected chi connectivity index (χ1v) is 6.18. The van der Waals surface area contributed by atoms with Crippen molar-refractivity contribution in [2.75, 3.05) is 13.7 Å². The quantitative estimate of drug-likeness (QED) is 0.739. The number of methoxy groups -OCH3 is 1. The lowest BCUT2D eigenvalue weighted by Gasteiger charge is -2.10. The van der Waals surface area contributed by atoms with Gasteiger partial charge >= 0.3 is 0 Å². The molecule has 3 nitrogen and oxygen atoms in total. The van der Waals surface area contributed by atoms with Crippen molar-refractivity contribution in [2.24, 2.45) is 5.92 Å². The summed E-state index contributed by atoms with van der Waals surface area (Å²) in [5.41, 5.74) is 1.90. The van der Waals surface area contributed by atoms with Crippen LogP contribution in [0.25, 0.3) is 0 Å². The molecule has 1 aromatic carbocycles. The van der Waals surface area contributed by atoms with E-state index in [0.717, 1.165) is 29.4 Å². The fraction of sp³-hybridized carbons (Fsp3) is 0.571. The van der Waals surface area contributed by atoms with Crippen LogP contribution >= 0.6 is 0 Å². The predicted molar refractivity (Wildman–Crippen MR) is 65.9 cm³/mol. The molecule has 0 atom stereocenters. The maximum absolute atomic E-state index is 9.10. The summed E-state index contributed by atoms with van der Waals surface area (Å²) in [7, 11) is 1.65. The first-order valence-electron chi connectivity index (χ1n) is 6.18. The molecule has 1 fully saturated rings. The zero-order valence-electron chi connectivity index (χ0n) is 10.3. The third-order valence-electron chi connectivity index (χ3n) is 3.15. The summed E-state index contributed by atoms with van der Waals surface area (Å²) in [6, 6.07) is 5.69. The van der Waals surface area contributed by atoms with Crippen molar-refractivity contribution in [3.8, 4) is 5.75 Å². The van der Waals surface area contributed by atoms with Crippen LogP contribution in [-0.4, -0.2) is 18.8 Å². The van der Waals surface area contributed by atoms with Gasteiger partial charge < -0.3 is 14.6 Å². The molecule has 2 rings (SSSR count). The number of benzene rings is 1. The Bertz CT molecular complexity index is 358. The second-order valence-corrected chi connectivity index (χ2v) is 4.59. The average Bonchev–Trinajstić information content (AvgIpc) is 3.18. The summed E-state index contributed by atoms with van der Waals surface area (Å²) in [6.45, 7) is 1.43. The van der Waals surface area contributed by atoms with Gasteiger partial charge in [0, 0.05) is 12.2 Å². The number of ether oxygens (including phenoxy) is 2. The Morgan fingerprint density at radius 2 is 2.18 bits per heavy atom. The molecule has 0 radical (unpaired) electrons. The van der Waals surface area contributed by atoms with Crippen LogP contribution in [-0.2, 0) is 18.0 Å². The van der Waals surface area contributed by atoms with Crippen molar-refractivity contribution in [3.63, 3.8) is 0 Å². The third-order valence-corrected chi connectivity index (χ3v) is 3.15. The fourth-order valence-corrected chi connectivity index (χ4v) is 1.88. The van der Waals surface area contributed by atoms with Gasteiger partial charge in [0.25, 0.3) is 0 Å². The van der Waals surface area contributed by atoms with Crippen LogP contribution in [0.2, 0.25) is 0 Å². The van der Waals surface area contributed by atoms with Gasteiger partial charge in [0.1, 0.15) is 5.75 Å². The first-order chi connectivity index (χ1) is 8.33. The van der Waals surface area contributed by atoms with Crippen LogP contribution in [0.15, 0.2) is 18.2 Å². The maximum atomic E-state index is 9.10. The molecule has 0 aromatic heterocycles. The Labute approximate surface area is 102 Å². The molecule has 0 amide bonds. The highest BCUT2D eigenvalue weighted by Gasteiger charge is 2.20. The highest BCUT2D eigenvalue weighted by atomic mass is 16.5. The van der Waals surface area contributed by atoms with Gasteiger partial charge in [-0.15, -0.1) is 0 Å². The Balaban J connectivity index is 1.87. The summed E-state index contributed by atoms with van der Waals surface area (Å²) in [5.74, 6) is 1.73. The van der Waals surface area contributed by atoms with E-state index in [2.05, 4.69) is 0 Å². The molecule has 0 aliphatic heterocycles. The molecule has 17 heavy (non-hydrogen) atoms. The van der Waals surface area contributed by atoms with Crippen molar-refractivity contribution in [1.82, 2.24) is 0 Å². The lowest BCUT2D eigenvalue weighted by Crippen LogP contribution is -2.00. The summed E-state index contributed by atoms with van der Waals surface area (Å²) in [4.78, 5) is 0. The van der Waals surface area contributed by atoms with Gasteiger partial charge in [-0.2, -0.15) is 0 Å². The molecule has 0 spiro atoms. The van der Waals surface area contributed by atoms with Gasteiger partial charge in [-0.1, -0.05) is 18.9 Å². The monoisotopic (exact) mass is 236 g/mol. The summed E-state index contributed by atoms with van der Waals surface area (Å²) in [5, 5.41) is 9.10. The van der Waals surface area contributed by atoms with Crippen LogP contribution in [0.3, 0.4) is 0 Å². The topological polar surface area (TPSA) is 38.7 Å². The van der Waals surface area contributed by atoms with E-state index in [-0.39, 0.29) is 6.61 Å². The maximum Gasteiger partial charge on any atom is 0.124 e. The van der Waals surface area contributed by atoms with E-state index in [4.69, 9.17) is 14.6 Å². The highest BCUT2D eigenvalue weighted by molar-refractivity contribution is 5.36. The normalized spacial score (nSPS) is 14.9. The fourth-order valence-electron chi connectivity index (χ4n) is 1.88. The number of rotatable bonds is 7. The Kier molecular flexibility index (Phi) is 4.40. The molecule has 94 valence electrons. The molecule has 3 heteroatoms. The van der Waals surface area contributed by atoms with Crippen LogP contribution in [0, 0.1) is 5.92 Å². The summed E-state index contributed by atoms with van der Waals surface area (Å²) < 4.78 is 10.9. The number of aliphatic hydroxyl groups is 1. The van der Waals surface area contributed by atoms with Crippen LogP contribution < -0.4 is 4.74 Å². The minimum absolute atomic E-state index is 0.0546. The van der Waals surface area contributed by atoms with E-state index in [0.29, 0.717) is 6.61 Å². The van der Waals surface area contributed by atoms with Gasteiger partial charge in [-0.05, 0) is 30.0 Å². The second-order valence-electron chi connectivity index (χ2n) is 4.59. The molecule has 0 unspecified atom stereocenters. The third kappa shape index (κ3) is 3.72. The van der Waals surface area contributed by atoms with Crippen molar-refractivity contribution in [3.05, 3.63) is 29.3 Å². The average molecular weight is 236 g/mol. The molecular weight excluding hydrogens is 216 g/mol. The molecular formula is C14H20O3. The van der Waals surface area contributed by atoms with E-state index >= 15 is 0 Å². The molecule has 1 aromatic rings. The summed E-state index contributed by atoms with van der Waals surface area (Å²) >= 11 is 0. The number of aliphatic hydroxyl groups excluding tert-OH is 1. The van der Waals surface area contributed by atoms with Gasteiger partial charge in [0.2, 0.25) is 0 Å². The zero-order chi connectivity index (χ0) is 12.1.